The summed E-state index contributed by atoms with van der Waals surface area (Å²) in [5.41, 5.74) is 1.09. The second-order valence-electron chi connectivity index (χ2n) is 5.41. The van der Waals surface area contributed by atoms with Gasteiger partial charge in [0.25, 0.3) is 5.69 Å². The molecule has 0 bridgehead atoms. The van der Waals surface area contributed by atoms with Gasteiger partial charge in [0.05, 0.1) is 16.4 Å². The van der Waals surface area contributed by atoms with Crippen molar-refractivity contribution in [3.63, 3.8) is 0 Å². The first kappa shape index (κ1) is 17.0. The van der Waals surface area contributed by atoms with Crippen molar-refractivity contribution < 1.29 is 14.5 Å². The van der Waals surface area contributed by atoms with Gasteiger partial charge in [0, 0.05) is 35.7 Å². The Morgan fingerprint density at radius 3 is 2.84 bits per heavy atom. The van der Waals surface area contributed by atoms with Gasteiger partial charge in [0.15, 0.2) is 0 Å². The highest BCUT2D eigenvalue weighted by Crippen LogP contribution is 2.34. The fraction of sp³-hybridized carbons (Fsp3) is 0.176. The maximum Gasteiger partial charge on any atom is 0.271 e. The van der Waals surface area contributed by atoms with E-state index >= 15 is 0 Å². The van der Waals surface area contributed by atoms with Crippen LogP contribution in [0.4, 0.5) is 17.1 Å². The van der Waals surface area contributed by atoms with Gasteiger partial charge < -0.3 is 10.2 Å². The average molecular weight is 357 g/mol. The quantitative estimate of drug-likeness (QED) is 0.656. The topological polar surface area (TPSA) is 92.6 Å². The molecule has 0 radical (unpaired) electrons. The largest absolute Gasteiger partial charge is 0.326 e. The number of carbonyl (C=O) groups excluding carboxylic acids is 2. The number of non-ortho nitro benzene ring substituents is 1. The molecule has 3 rings (SSSR count). The number of nitrogens with one attached hydrogen (secondary N) is 1. The van der Waals surface area contributed by atoms with Crippen LogP contribution < -0.4 is 10.2 Å². The lowest BCUT2D eigenvalue weighted by atomic mass is 10.2. The van der Waals surface area contributed by atoms with Gasteiger partial charge in [-0.3, -0.25) is 19.7 Å². The highest BCUT2D eigenvalue weighted by Gasteiger charge is 2.24. The van der Waals surface area contributed by atoms with Crippen LogP contribution >= 0.6 is 11.8 Å². The Hall–Kier alpha value is -2.87. The molecule has 1 heterocycles. The van der Waals surface area contributed by atoms with Crippen molar-refractivity contribution in [1.29, 1.82) is 0 Å². The van der Waals surface area contributed by atoms with Crippen LogP contribution in [0.3, 0.4) is 0 Å². The van der Waals surface area contributed by atoms with Crippen molar-refractivity contribution in [3.8, 4) is 0 Å². The molecule has 0 unspecified atom stereocenters. The smallest absolute Gasteiger partial charge is 0.271 e. The molecule has 1 aliphatic heterocycles. The van der Waals surface area contributed by atoms with Crippen LogP contribution in [0, 0.1) is 10.1 Å². The summed E-state index contributed by atoms with van der Waals surface area (Å²) in [6.45, 7) is 0.261. The number of nitro benzene ring substituents is 1. The Labute approximate surface area is 148 Å². The van der Waals surface area contributed by atoms with Gasteiger partial charge in [-0.05, 0) is 18.2 Å². The number of fused-ring (bicyclic) bond motifs is 1. The highest BCUT2D eigenvalue weighted by atomic mass is 32.2. The Kier molecular flexibility index (Phi) is 4.99. The first-order chi connectivity index (χ1) is 12.0. The third kappa shape index (κ3) is 3.97. The Morgan fingerprint density at radius 1 is 1.24 bits per heavy atom. The molecule has 25 heavy (non-hydrogen) atoms. The average Bonchev–Trinajstić information content (AvgIpc) is 2.61. The molecule has 0 saturated heterocycles. The van der Waals surface area contributed by atoms with Gasteiger partial charge in [-0.25, -0.2) is 0 Å². The SMILES string of the molecule is O=C(CCN1C(=O)CSc2ccccc21)Nc1cccc([N+](=O)[O-])c1. The molecular formula is C17H15N3O4S. The summed E-state index contributed by atoms with van der Waals surface area (Å²) in [5, 5.41) is 13.4. The second kappa shape index (κ2) is 7.35. The normalized spacial score (nSPS) is 13.3. The van der Waals surface area contributed by atoms with Gasteiger partial charge in [0.2, 0.25) is 11.8 Å². The minimum Gasteiger partial charge on any atom is -0.326 e. The van der Waals surface area contributed by atoms with E-state index < -0.39 is 4.92 Å². The van der Waals surface area contributed by atoms with E-state index in [1.807, 2.05) is 24.3 Å². The van der Waals surface area contributed by atoms with Crippen LogP contribution in [0.15, 0.2) is 53.4 Å². The number of para-hydroxylation sites is 1. The molecule has 0 aromatic heterocycles. The van der Waals surface area contributed by atoms with Crippen molar-refractivity contribution in [2.45, 2.75) is 11.3 Å². The molecule has 2 amide bonds. The van der Waals surface area contributed by atoms with Crippen LogP contribution in [-0.4, -0.2) is 29.0 Å². The zero-order valence-corrected chi connectivity index (χ0v) is 14.0. The molecule has 8 heteroatoms. The summed E-state index contributed by atoms with van der Waals surface area (Å²) in [4.78, 5) is 37.2. The number of hydrogen-bond acceptors (Lipinski definition) is 5. The lowest BCUT2D eigenvalue weighted by Gasteiger charge is -2.28. The molecule has 2 aromatic carbocycles. The van der Waals surface area contributed by atoms with E-state index in [2.05, 4.69) is 5.32 Å². The van der Waals surface area contributed by atoms with Crippen LogP contribution in [0.2, 0.25) is 0 Å². The summed E-state index contributed by atoms with van der Waals surface area (Å²) in [6, 6.07) is 13.3. The number of rotatable bonds is 5. The summed E-state index contributed by atoms with van der Waals surface area (Å²) in [5.74, 6) is 0.0135. The lowest BCUT2D eigenvalue weighted by molar-refractivity contribution is -0.384. The van der Waals surface area contributed by atoms with Gasteiger partial charge in [-0.2, -0.15) is 0 Å². The van der Waals surface area contributed by atoms with Gasteiger partial charge in [-0.15, -0.1) is 11.8 Å². The van der Waals surface area contributed by atoms with E-state index in [1.165, 1.54) is 30.0 Å². The number of hydrogen-bond donors (Lipinski definition) is 1. The lowest BCUT2D eigenvalue weighted by Crippen LogP contribution is -2.37. The van der Waals surface area contributed by atoms with Crippen LogP contribution in [0.5, 0.6) is 0 Å². The van der Waals surface area contributed by atoms with E-state index in [1.54, 1.807) is 11.0 Å². The molecule has 1 aliphatic rings. The third-order valence-electron chi connectivity index (χ3n) is 3.71. The maximum atomic E-state index is 12.1. The van der Waals surface area contributed by atoms with Crippen LogP contribution in [0.1, 0.15) is 6.42 Å². The standard InChI is InChI=1S/C17H15N3O4S/c21-16(18-12-4-3-5-13(10-12)20(23)24)8-9-19-14-6-1-2-7-15(14)25-11-17(19)22/h1-7,10H,8-9,11H2,(H,18,21). The number of carbonyl (C=O) groups is 2. The molecule has 2 aromatic rings. The van der Waals surface area contributed by atoms with Gasteiger partial charge >= 0.3 is 0 Å². The van der Waals surface area contributed by atoms with Crippen molar-refractivity contribution >= 4 is 40.6 Å². The molecule has 0 spiro atoms. The van der Waals surface area contributed by atoms with Crippen molar-refractivity contribution in [2.24, 2.45) is 0 Å². The molecular weight excluding hydrogens is 342 g/mol. The van der Waals surface area contributed by atoms with E-state index in [0.717, 1.165) is 10.6 Å². The first-order valence-electron chi connectivity index (χ1n) is 7.61. The predicted octanol–water partition coefficient (Wildman–Crippen LogP) is 3.06. The van der Waals surface area contributed by atoms with Crippen LogP contribution in [0.25, 0.3) is 0 Å². The molecule has 0 fully saturated rings. The number of thioether (sulfide) groups is 1. The Morgan fingerprint density at radius 2 is 2.04 bits per heavy atom. The summed E-state index contributed by atoms with van der Waals surface area (Å²) in [6.07, 6.45) is 0.105. The van der Waals surface area contributed by atoms with E-state index in [4.69, 9.17) is 0 Å². The number of anilines is 2. The number of amides is 2. The summed E-state index contributed by atoms with van der Waals surface area (Å²) >= 11 is 1.49. The highest BCUT2D eigenvalue weighted by molar-refractivity contribution is 8.00. The summed E-state index contributed by atoms with van der Waals surface area (Å²) < 4.78 is 0. The van der Waals surface area contributed by atoms with Gasteiger partial charge in [0.1, 0.15) is 0 Å². The maximum absolute atomic E-state index is 12.1. The molecule has 0 atom stereocenters. The van der Waals surface area contributed by atoms with Crippen molar-refractivity contribution in [2.75, 3.05) is 22.5 Å². The number of nitrogens with zero attached hydrogens (tertiary/aromatic N) is 2. The fourth-order valence-electron chi connectivity index (χ4n) is 2.53. The molecule has 0 saturated carbocycles. The van der Waals surface area contributed by atoms with E-state index in [9.17, 15) is 19.7 Å². The Balaban J connectivity index is 1.64. The fourth-order valence-corrected chi connectivity index (χ4v) is 3.47. The predicted molar refractivity (Wildman–Crippen MR) is 95.9 cm³/mol. The van der Waals surface area contributed by atoms with E-state index in [0.29, 0.717) is 11.4 Å². The number of nitro groups is 1. The van der Waals surface area contributed by atoms with Crippen LogP contribution in [-0.2, 0) is 9.59 Å². The third-order valence-corrected chi connectivity index (χ3v) is 4.76. The second-order valence-corrected chi connectivity index (χ2v) is 6.42. The first-order valence-corrected chi connectivity index (χ1v) is 8.59. The van der Waals surface area contributed by atoms with Crippen molar-refractivity contribution in [1.82, 2.24) is 0 Å². The monoisotopic (exact) mass is 357 g/mol. The van der Waals surface area contributed by atoms with E-state index in [-0.39, 0.29) is 30.5 Å². The van der Waals surface area contributed by atoms with Crippen molar-refractivity contribution in [3.05, 3.63) is 58.6 Å². The minimum atomic E-state index is -0.517. The van der Waals surface area contributed by atoms with Gasteiger partial charge in [-0.1, -0.05) is 18.2 Å². The molecule has 1 N–H and O–H groups in total. The minimum absolute atomic E-state index is 0.0353. The Bertz CT molecular complexity index is 840. The molecule has 128 valence electrons. The number of benzene rings is 2. The summed E-state index contributed by atoms with van der Waals surface area (Å²) in [7, 11) is 0. The zero-order valence-electron chi connectivity index (χ0n) is 13.2. The molecule has 0 aliphatic carbocycles. The molecule has 7 nitrogen and oxygen atoms in total. The zero-order chi connectivity index (χ0) is 17.8.